The molecule has 33 heavy (non-hydrogen) atoms. The average molecular weight is 537 g/mol. The molecule has 8 N–H and O–H groups in total. The Morgan fingerprint density at radius 1 is 1.21 bits per heavy atom. The number of ether oxygens (including phenoxy) is 2. The van der Waals surface area contributed by atoms with E-state index in [1.165, 1.54) is 7.11 Å². The molecule has 2 aromatic heterocycles. The topological polar surface area (TPSA) is 288 Å². The van der Waals surface area contributed by atoms with Crippen molar-refractivity contribution in [2.75, 3.05) is 19.5 Å². The predicted octanol–water partition coefficient (Wildman–Crippen LogP) is -1.68. The number of nitrogens with zero attached hydrogens (tertiary/aromatic N) is 3. The second-order valence-corrected chi connectivity index (χ2v) is 10.8. The third kappa shape index (κ3) is 6.12. The normalized spacial score (nSPS) is 27.5. The molecule has 1 fully saturated rings. The van der Waals surface area contributed by atoms with E-state index < -0.39 is 60.2 Å². The molecule has 22 heteroatoms. The number of methoxy groups -OCH3 is 1. The Balaban J connectivity index is 1.76. The lowest BCUT2D eigenvalue weighted by molar-refractivity contribution is -0.0526. The van der Waals surface area contributed by atoms with Crippen LogP contribution in [0.25, 0.3) is 11.2 Å². The Morgan fingerprint density at radius 2 is 1.88 bits per heavy atom. The van der Waals surface area contributed by atoms with Crippen molar-refractivity contribution in [2.24, 2.45) is 0 Å². The third-order valence-electron chi connectivity index (χ3n) is 4.12. The molecule has 0 saturated carbocycles. The second-order valence-electron chi connectivity index (χ2n) is 6.42. The number of aromatic nitrogens is 4. The minimum absolute atomic E-state index is 0.0521. The minimum atomic E-state index is -5.71. The van der Waals surface area contributed by atoms with Crippen LogP contribution < -0.4 is 11.3 Å². The summed E-state index contributed by atoms with van der Waals surface area (Å²) in [6.45, 7) is -0.876. The zero-order valence-electron chi connectivity index (χ0n) is 16.3. The summed E-state index contributed by atoms with van der Waals surface area (Å²) in [6, 6.07) is 0. The van der Waals surface area contributed by atoms with Gasteiger partial charge in [0.15, 0.2) is 17.4 Å². The molecule has 1 saturated heterocycles. The van der Waals surface area contributed by atoms with Crippen LogP contribution in [0.2, 0.25) is 0 Å². The number of fused-ring (bicyclic) bond motifs is 1. The van der Waals surface area contributed by atoms with Gasteiger partial charge in [-0.3, -0.25) is 18.9 Å². The van der Waals surface area contributed by atoms with Crippen LogP contribution in [-0.4, -0.2) is 76.2 Å². The molecule has 0 aromatic carbocycles. The van der Waals surface area contributed by atoms with Crippen LogP contribution in [0.3, 0.4) is 0 Å². The Bertz CT molecular complexity index is 1230. The number of aliphatic hydroxyl groups is 1. The van der Waals surface area contributed by atoms with E-state index in [4.69, 9.17) is 25.0 Å². The van der Waals surface area contributed by atoms with Crippen molar-refractivity contribution in [1.29, 1.82) is 0 Å². The fourth-order valence-electron chi connectivity index (χ4n) is 2.97. The molecule has 1 aliphatic heterocycles. The zero-order valence-corrected chi connectivity index (χ0v) is 18.9. The molecule has 0 aliphatic carbocycles. The van der Waals surface area contributed by atoms with Gasteiger partial charge in [-0.05, 0) is 0 Å². The monoisotopic (exact) mass is 537 g/mol. The van der Waals surface area contributed by atoms with E-state index in [1.54, 1.807) is 0 Å². The maximum Gasteiger partial charge on any atom is 0.490 e. The molecule has 3 heterocycles. The van der Waals surface area contributed by atoms with Crippen LogP contribution >= 0.6 is 23.5 Å². The fourth-order valence-corrected chi connectivity index (χ4v) is 6.00. The van der Waals surface area contributed by atoms with Gasteiger partial charge in [0.25, 0.3) is 5.56 Å². The van der Waals surface area contributed by atoms with Crippen LogP contribution in [0, 0.1) is 0 Å². The second kappa shape index (κ2) is 9.24. The SMILES string of the molecule is CO[C@@H]1[C@@H](COP(=O)(O)OP(=O)(O)OP(=O)(O)O)OC(n2cnc3c(=O)[nH]c(N)nc32)[C@@H]1O. The van der Waals surface area contributed by atoms with E-state index >= 15 is 0 Å². The van der Waals surface area contributed by atoms with Crippen molar-refractivity contribution < 1.29 is 61.0 Å². The van der Waals surface area contributed by atoms with Gasteiger partial charge in [-0.25, -0.2) is 18.7 Å². The number of hydrogen-bond donors (Lipinski definition) is 7. The summed E-state index contributed by atoms with van der Waals surface area (Å²) >= 11 is 0. The van der Waals surface area contributed by atoms with E-state index in [-0.39, 0.29) is 17.1 Å². The average Bonchev–Trinajstić information content (AvgIpc) is 3.17. The van der Waals surface area contributed by atoms with Gasteiger partial charge in [-0.15, -0.1) is 0 Å². The lowest BCUT2D eigenvalue weighted by Gasteiger charge is -2.20. The number of hydrogen-bond acceptors (Lipinski definition) is 13. The van der Waals surface area contributed by atoms with Crippen molar-refractivity contribution >= 4 is 40.6 Å². The number of H-pyrrole nitrogens is 1. The molecular formula is C11H18N5O14P3. The van der Waals surface area contributed by atoms with Crippen molar-refractivity contribution in [3.05, 3.63) is 16.7 Å². The number of phosphoric acid groups is 3. The molecular weight excluding hydrogens is 519 g/mol. The number of imidazole rings is 1. The van der Waals surface area contributed by atoms with Gasteiger partial charge >= 0.3 is 23.5 Å². The summed E-state index contributed by atoms with van der Waals surface area (Å²) in [6.07, 6.45) is -4.11. The lowest BCUT2D eigenvalue weighted by atomic mass is 10.1. The summed E-state index contributed by atoms with van der Waals surface area (Å²) in [7, 11) is -15.5. The molecule has 0 radical (unpaired) electrons. The van der Waals surface area contributed by atoms with E-state index in [1.807, 2.05) is 0 Å². The molecule has 0 amide bonds. The van der Waals surface area contributed by atoms with Crippen molar-refractivity contribution in [2.45, 2.75) is 24.5 Å². The van der Waals surface area contributed by atoms with Crippen LogP contribution in [0.5, 0.6) is 0 Å². The largest absolute Gasteiger partial charge is 0.490 e. The third-order valence-corrected chi connectivity index (χ3v) is 7.93. The maximum absolute atomic E-state index is 11.9. The Hall–Kier alpha value is -1.56. The molecule has 1 aliphatic rings. The molecule has 0 spiro atoms. The van der Waals surface area contributed by atoms with Crippen molar-refractivity contribution in [3.8, 4) is 0 Å². The fraction of sp³-hybridized carbons (Fsp3) is 0.545. The number of aliphatic hydroxyl groups excluding tert-OH is 1. The van der Waals surface area contributed by atoms with Gasteiger partial charge in [-0.2, -0.15) is 13.6 Å². The van der Waals surface area contributed by atoms with Crippen LogP contribution in [0.15, 0.2) is 11.1 Å². The first-order chi connectivity index (χ1) is 15.1. The summed E-state index contributed by atoms with van der Waals surface area (Å²) in [5, 5.41) is 10.6. The molecule has 19 nitrogen and oxygen atoms in total. The number of nitrogen functional groups attached to an aromatic ring is 1. The van der Waals surface area contributed by atoms with Gasteiger partial charge in [0.2, 0.25) is 5.95 Å². The van der Waals surface area contributed by atoms with E-state index in [9.17, 15) is 33.4 Å². The van der Waals surface area contributed by atoms with Gasteiger partial charge < -0.3 is 39.9 Å². The quantitative estimate of drug-likeness (QED) is 0.176. The number of phosphoric ester groups is 1. The first-order valence-corrected chi connectivity index (χ1v) is 13.0. The summed E-state index contributed by atoms with van der Waals surface area (Å²) < 4.78 is 57.6. The minimum Gasteiger partial charge on any atom is -0.386 e. The summed E-state index contributed by atoms with van der Waals surface area (Å²) in [4.78, 5) is 57.8. The molecule has 3 rings (SSSR count). The molecule has 3 unspecified atom stereocenters. The van der Waals surface area contributed by atoms with E-state index in [0.29, 0.717) is 0 Å². The zero-order chi connectivity index (χ0) is 24.8. The highest BCUT2D eigenvalue weighted by Gasteiger charge is 2.48. The van der Waals surface area contributed by atoms with Gasteiger partial charge in [0, 0.05) is 7.11 Å². The number of anilines is 1. The molecule has 186 valence electrons. The van der Waals surface area contributed by atoms with Crippen LogP contribution in [0.1, 0.15) is 6.23 Å². The standard InChI is InChI=1S/C11H18N5O14P3/c1-26-7-4(2-27-32(22,23)30-33(24,25)29-31(19,20)21)28-10(6(7)17)16-3-13-5-8(16)14-11(12)15-9(5)18/h3-4,6-7,10,17H,2H2,1H3,(H,22,23)(H,24,25)(H2,19,20,21)(H3,12,14,15,18)/t4-,6-,7-,10?/m1/s1. The highest BCUT2D eigenvalue weighted by atomic mass is 31.3. The number of nitrogens with one attached hydrogen (secondary N) is 1. The van der Waals surface area contributed by atoms with Gasteiger partial charge in [-0.1, -0.05) is 0 Å². The lowest BCUT2D eigenvalue weighted by Crippen LogP contribution is -2.35. The highest BCUT2D eigenvalue weighted by Crippen LogP contribution is 2.66. The molecule has 6 atom stereocenters. The number of nitrogens with two attached hydrogens (primary N) is 1. The van der Waals surface area contributed by atoms with Crippen LogP contribution in [-0.2, 0) is 36.3 Å². The molecule has 2 aromatic rings. The molecule has 0 bridgehead atoms. The van der Waals surface area contributed by atoms with Crippen LogP contribution in [0.4, 0.5) is 5.95 Å². The number of rotatable bonds is 9. The van der Waals surface area contributed by atoms with Crippen molar-refractivity contribution in [3.63, 3.8) is 0 Å². The van der Waals surface area contributed by atoms with Gasteiger partial charge in [0.1, 0.15) is 18.3 Å². The highest BCUT2D eigenvalue weighted by molar-refractivity contribution is 7.66. The Labute approximate surface area is 182 Å². The summed E-state index contributed by atoms with van der Waals surface area (Å²) in [5.74, 6) is -0.241. The van der Waals surface area contributed by atoms with E-state index in [2.05, 4.69) is 28.1 Å². The Kier molecular flexibility index (Phi) is 7.29. The first-order valence-electron chi connectivity index (χ1n) is 8.49. The van der Waals surface area contributed by atoms with E-state index in [0.717, 1.165) is 10.9 Å². The predicted molar refractivity (Wildman–Crippen MR) is 103 cm³/mol. The first kappa shape index (κ1) is 26.1. The van der Waals surface area contributed by atoms with Crippen molar-refractivity contribution in [1.82, 2.24) is 19.5 Å². The Morgan fingerprint density at radius 3 is 2.48 bits per heavy atom. The smallest absolute Gasteiger partial charge is 0.386 e. The van der Waals surface area contributed by atoms with Gasteiger partial charge in [0.05, 0.1) is 12.9 Å². The summed E-state index contributed by atoms with van der Waals surface area (Å²) in [5.41, 5.74) is 4.69. The maximum atomic E-state index is 11.9. The number of aromatic amines is 1.